The molecule has 3 rings (SSSR count). The average Bonchev–Trinajstić information content (AvgIpc) is 3.09. The highest BCUT2D eigenvalue weighted by Gasteiger charge is 2.19. The van der Waals surface area contributed by atoms with E-state index in [-0.39, 0.29) is 5.91 Å². The van der Waals surface area contributed by atoms with Gasteiger partial charge in [-0.3, -0.25) is 4.79 Å². The highest BCUT2D eigenvalue weighted by atomic mass is 16.5. The summed E-state index contributed by atoms with van der Waals surface area (Å²) in [6.45, 7) is 4.84. The van der Waals surface area contributed by atoms with E-state index in [0.29, 0.717) is 24.1 Å². The van der Waals surface area contributed by atoms with Crippen molar-refractivity contribution in [3.05, 3.63) is 42.1 Å². The summed E-state index contributed by atoms with van der Waals surface area (Å²) >= 11 is 0. The summed E-state index contributed by atoms with van der Waals surface area (Å²) in [5.74, 6) is 1.81. The molecule has 1 fully saturated rings. The second-order valence-electron chi connectivity index (χ2n) is 7.14. The van der Waals surface area contributed by atoms with Crippen LogP contribution in [0.4, 0.5) is 5.82 Å². The van der Waals surface area contributed by atoms with Crippen LogP contribution in [0.2, 0.25) is 0 Å². The van der Waals surface area contributed by atoms with Crippen molar-refractivity contribution in [2.24, 2.45) is 5.92 Å². The Morgan fingerprint density at radius 1 is 1.28 bits per heavy atom. The van der Waals surface area contributed by atoms with E-state index in [1.807, 2.05) is 22.9 Å². The molecule has 0 atom stereocenters. The second kappa shape index (κ2) is 8.19. The minimum atomic E-state index is -0.132. The van der Waals surface area contributed by atoms with Crippen LogP contribution in [0, 0.1) is 5.92 Å². The molecule has 1 heterocycles. The van der Waals surface area contributed by atoms with E-state index in [9.17, 15) is 4.79 Å². The molecule has 1 aliphatic carbocycles. The molecule has 0 aliphatic heterocycles. The van der Waals surface area contributed by atoms with Crippen LogP contribution >= 0.6 is 0 Å². The highest BCUT2D eigenvalue weighted by molar-refractivity contribution is 6.04. The van der Waals surface area contributed by atoms with Gasteiger partial charge in [0.2, 0.25) is 0 Å². The number of amides is 1. The maximum absolute atomic E-state index is 12.6. The molecular formula is C20H27N3O2. The van der Waals surface area contributed by atoms with Gasteiger partial charge < -0.3 is 10.1 Å². The van der Waals surface area contributed by atoms with Gasteiger partial charge in [-0.1, -0.05) is 39.2 Å². The molecule has 5 nitrogen and oxygen atoms in total. The van der Waals surface area contributed by atoms with Gasteiger partial charge in [-0.25, -0.2) is 4.68 Å². The first-order chi connectivity index (χ1) is 12.1. The largest absolute Gasteiger partial charge is 0.493 e. The summed E-state index contributed by atoms with van der Waals surface area (Å²) in [5, 5.41) is 7.43. The Balaban J connectivity index is 1.68. The molecule has 0 bridgehead atoms. The molecule has 1 aromatic heterocycles. The van der Waals surface area contributed by atoms with Crippen molar-refractivity contribution in [3.63, 3.8) is 0 Å². The molecule has 5 heteroatoms. The predicted octanol–water partition coefficient (Wildman–Crippen LogP) is 4.68. The molecule has 1 aromatic carbocycles. The zero-order valence-corrected chi connectivity index (χ0v) is 15.1. The maximum Gasteiger partial charge on any atom is 0.256 e. The zero-order chi connectivity index (χ0) is 17.6. The third kappa shape index (κ3) is 4.62. The zero-order valence-electron chi connectivity index (χ0n) is 15.1. The normalized spacial score (nSPS) is 15.3. The number of carbonyl (C=O) groups is 1. The highest BCUT2D eigenvalue weighted by Crippen LogP contribution is 2.30. The molecule has 2 aromatic rings. The molecular weight excluding hydrogens is 314 g/mol. The van der Waals surface area contributed by atoms with Crippen LogP contribution in [-0.4, -0.2) is 22.3 Å². The summed E-state index contributed by atoms with van der Waals surface area (Å²) in [6, 6.07) is 9.58. The number of carbonyl (C=O) groups excluding carboxylic acids is 1. The number of anilines is 1. The molecule has 1 N–H and O–H groups in total. The van der Waals surface area contributed by atoms with Crippen molar-refractivity contribution in [3.8, 4) is 5.75 Å². The van der Waals surface area contributed by atoms with Crippen LogP contribution in [-0.2, 0) is 0 Å². The molecule has 25 heavy (non-hydrogen) atoms. The molecule has 1 aliphatic rings. The van der Waals surface area contributed by atoms with Crippen molar-refractivity contribution in [1.29, 1.82) is 0 Å². The average molecular weight is 341 g/mol. The lowest BCUT2D eigenvalue weighted by Gasteiger charge is -2.23. The van der Waals surface area contributed by atoms with Crippen LogP contribution < -0.4 is 10.1 Å². The fraction of sp³-hybridized carbons (Fsp3) is 0.500. The number of hydrogen-bond acceptors (Lipinski definition) is 3. The van der Waals surface area contributed by atoms with Gasteiger partial charge in [-0.05, 0) is 37.0 Å². The molecule has 0 radical (unpaired) electrons. The summed E-state index contributed by atoms with van der Waals surface area (Å²) in [4.78, 5) is 12.6. The molecule has 0 unspecified atom stereocenters. The van der Waals surface area contributed by atoms with Crippen LogP contribution in [0.1, 0.15) is 62.4 Å². The maximum atomic E-state index is 12.6. The second-order valence-corrected chi connectivity index (χ2v) is 7.14. The van der Waals surface area contributed by atoms with E-state index in [2.05, 4.69) is 24.3 Å². The number of nitrogens with zero attached hydrogens (tertiary/aromatic N) is 2. The summed E-state index contributed by atoms with van der Waals surface area (Å²) in [7, 11) is 0. The first-order valence-electron chi connectivity index (χ1n) is 9.21. The number of nitrogens with one attached hydrogen (secondary N) is 1. The minimum Gasteiger partial charge on any atom is -0.493 e. The molecule has 1 amide bonds. The minimum absolute atomic E-state index is 0.132. The van der Waals surface area contributed by atoms with Crippen LogP contribution in [0.15, 0.2) is 36.5 Å². The van der Waals surface area contributed by atoms with E-state index in [1.54, 1.807) is 18.3 Å². The van der Waals surface area contributed by atoms with Crippen LogP contribution in [0.5, 0.6) is 5.75 Å². The Bertz CT molecular complexity index is 702. The fourth-order valence-electron chi connectivity index (χ4n) is 3.21. The van der Waals surface area contributed by atoms with Gasteiger partial charge in [0.15, 0.2) is 0 Å². The Morgan fingerprint density at radius 2 is 2.08 bits per heavy atom. The Kier molecular flexibility index (Phi) is 5.74. The van der Waals surface area contributed by atoms with E-state index >= 15 is 0 Å². The molecule has 0 saturated heterocycles. The van der Waals surface area contributed by atoms with Gasteiger partial charge in [-0.2, -0.15) is 5.10 Å². The number of aromatic nitrogens is 2. The lowest BCUT2D eigenvalue weighted by molar-refractivity contribution is 0.102. The number of hydrogen-bond donors (Lipinski definition) is 1. The van der Waals surface area contributed by atoms with E-state index < -0.39 is 0 Å². The molecule has 1 saturated carbocycles. The Labute approximate surface area is 149 Å². The standard InChI is InChI=1S/C20H27N3O2/c1-15(2)14-25-18-10-6-7-16(13-18)20(24)22-19-11-12-21-23(19)17-8-4-3-5-9-17/h6-7,10-13,15,17H,3-5,8-9,14H2,1-2H3,(H,22,24). The van der Waals surface area contributed by atoms with Crippen molar-refractivity contribution >= 4 is 11.7 Å². The summed E-state index contributed by atoms with van der Waals surface area (Å²) < 4.78 is 7.68. The topological polar surface area (TPSA) is 56.1 Å². The van der Waals surface area contributed by atoms with Gasteiger partial charge in [0.05, 0.1) is 18.8 Å². The fourth-order valence-corrected chi connectivity index (χ4v) is 3.21. The lowest BCUT2D eigenvalue weighted by atomic mass is 9.96. The van der Waals surface area contributed by atoms with Crippen LogP contribution in [0.25, 0.3) is 0 Å². The number of ether oxygens (including phenoxy) is 1. The van der Waals surface area contributed by atoms with E-state index in [0.717, 1.165) is 24.4 Å². The Morgan fingerprint density at radius 3 is 2.84 bits per heavy atom. The SMILES string of the molecule is CC(C)COc1cccc(C(=O)Nc2ccnn2C2CCCCC2)c1. The van der Waals surface area contributed by atoms with E-state index in [4.69, 9.17) is 4.74 Å². The first-order valence-corrected chi connectivity index (χ1v) is 9.21. The Hall–Kier alpha value is -2.30. The van der Waals surface area contributed by atoms with Gasteiger partial charge >= 0.3 is 0 Å². The van der Waals surface area contributed by atoms with Crippen molar-refractivity contribution in [1.82, 2.24) is 9.78 Å². The van der Waals surface area contributed by atoms with Crippen molar-refractivity contribution < 1.29 is 9.53 Å². The summed E-state index contributed by atoms with van der Waals surface area (Å²) in [6.07, 6.45) is 7.77. The lowest BCUT2D eigenvalue weighted by Crippen LogP contribution is -2.20. The number of benzene rings is 1. The first kappa shape index (κ1) is 17.5. The third-order valence-electron chi connectivity index (χ3n) is 4.51. The summed E-state index contributed by atoms with van der Waals surface area (Å²) in [5.41, 5.74) is 0.595. The number of rotatable bonds is 6. The van der Waals surface area contributed by atoms with Crippen molar-refractivity contribution in [2.75, 3.05) is 11.9 Å². The monoisotopic (exact) mass is 341 g/mol. The third-order valence-corrected chi connectivity index (χ3v) is 4.51. The van der Waals surface area contributed by atoms with Crippen LogP contribution in [0.3, 0.4) is 0 Å². The van der Waals surface area contributed by atoms with Gasteiger partial charge in [-0.15, -0.1) is 0 Å². The van der Waals surface area contributed by atoms with Gasteiger partial charge in [0, 0.05) is 11.6 Å². The smallest absolute Gasteiger partial charge is 0.256 e. The van der Waals surface area contributed by atoms with Gasteiger partial charge in [0.25, 0.3) is 5.91 Å². The van der Waals surface area contributed by atoms with Crippen molar-refractivity contribution in [2.45, 2.75) is 52.0 Å². The quantitative estimate of drug-likeness (QED) is 0.830. The molecule has 0 spiro atoms. The molecule has 134 valence electrons. The van der Waals surface area contributed by atoms with E-state index in [1.165, 1.54) is 19.3 Å². The van der Waals surface area contributed by atoms with Gasteiger partial charge in [0.1, 0.15) is 11.6 Å². The predicted molar refractivity (Wildman–Crippen MR) is 99.1 cm³/mol.